The molecule has 0 unspecified atom stereocenters. The van der Waals surface area contributed by atoms with E-state index in [4.69, 9.17) is 20.8 Å². The minimum absolute atomic E-state index is 0.137. The number of oxazole rings is 1. The number of nitrogens with one attached hydrogen (secondary N) is 3. The van der Waals surface area contributed by atoms with Gasteiger partial charge in [0, 0.05) is 36.4 Å². The summed E-state index contributed by atoms with van der Waals surface area (Å²) in [5.74, 6) is 0.0253. The number of rotatable bonds is 9. The third-order valence-electron chi connectivity index (χ3n) is 3.69. The number of fused-ring (bicyclic) bond motifs is 1. The summed E-state index contributed by atoms with van der Waals surface area (Å²) in [5, 5.41) is 17.1. The van der Waals surface area contributed by atoms with Crippen LogP contribution in [0.1, 0.15) is 0 Å². The van der Waals surface area contributed by atoms with Crippen molar-refractivity contribution >= 4 is 28.4 Å². The van der Waals surface area contributed by atoms with Crippen LogP contribution in [0.3, 0.4) is 0 Å². The summed E-state index contributed by atoms with van der Waals surface area (Å²) in [6.07, 6.45) is -0.653. The highest BCUT2D eigenvalue weighted by Crippen LogP contribution is 2.18. The molecule has 0 bridgehead atoms. The first-order chi connectivity index (χ1) is 12.6. The molecule has 0 aliphatic heterocycles. The second kappa shape index (κ2) is 8.75. The van der Waals surface area contributed by atoms with Gasteiger partial charge in [-0.05, 0) is 36.4 Å². The number of benzene rings is 2. The van der Waals surface area contributed by atoms with Crippen molar-refractivity contribution in [1.82, 2.24) is 10.3 Å². The van der Waals surface area contributed by atoms with Crippen LogP contribution < -0.4 is 21.1 Å². The molecule has 26 heavy (non-hydrogen) atoms. The van der Waals surface area contributed by atoms with Gasteiger partial charge in [0.1, 0.15) is 18.5 Å². The van der Waals surface area contributed by atoms with Gasteiger partial charge in [-0.1, -0.05) is 11.6 Å². The van der Waals surface area contributed by atoms with Gasteiger partial charge >= 0.3 is 5.76 Å². The Morgan fingerprint density at radius 3 is 2.81 bits per heavy atom. The minimum Gasteiger partial charge on any atom is -0.491 e. The summed E-state index contributed by atoms with van der Waals surface area (Å²) in [4.78, 5) is 13.7. The fourth-order valence-corrected chi connectivity index (χ4v) is 2.52. The molecule has 0 saturated carbocycles. The van der Waals surface area contributed by atoms with E-state index in [1.165, 1.54) is 0 Å². The summed E-state index contributed by atoms with van der Waals surface area (Å²) < 4.78 is 10.5. The van der Waals surface area contributed by atoms with Crippen molar-refractivity contribution < 1.29 is 14.3 Å². The van der Waals surface area contributed by atoms with Gasteiger partial charge in [0.2, 0.25) is 0 Å². The van der Waals surface area contributed by atoms with Crippen molar-refractivity contribution in [3.05, 3.63) is 58.0 Å². The predicted octanol–water partition coefficient (Wildman–Crippen LogP) is 2.22. The lowest BCUT2D eigenvalue weighted by Gasteiger charge is -2.13. The highest BCUT2D eigenvalue weighted by molar-refractivity contribution is 6.30. The third-order valence-corrected chi connectivity index (χ3v) is 3.94. The maximum atomic E-state index is 11.1. The fraction of sp³-hybridized carbons (Fsp3) is 0.278. The zero-order valence-corrected chi connectivity index (χ0v) is 14.8. The lowest BCUT2D eigenvalue weighted by atomic mass is 10.3. The van der Waals surface area contributed by atoms with E-state index in [0.29, 0.717) is 35.0 Å². The molecule has 0 amide bonds. The highest BCUT2D eigenvalue weighted by atomic mass is 35.5. The molecule has 0 radical (unpaired) electrons. The SMILES string of the molecule is O=c1[nH]c2ccc(OC[C@@H](O)CNCCNc3ccc(Cl)cc3)cc2o1. The summed E-state index contributed by atoms with van der Waals surface area (Å²) in [7, 11) is 0. The highest BCUT2D eigenvalue weighted by Gasteiger charge is 2.07. The lowest BCUT2D eigenvalue weighted by Crippen LogP contribution is -2.34. The predicted molar refractivity (Wildman–Crippen MR) is 101 cm³/mol. The maximum Gasteiger partial charge on any atom is 0.417 e. The largest absolute Gasteiger partial charge is 0.491 e. The topological polar surface area (TPSA) is 99.5 Å². The number of hydrogen-bond donors (Lipinski definition) is 4. The number of ether oxygens (including phenoxy) is 1. The number of H-pyrrole nitrogens is 1. The molecular formula is C18H20ClN3O4. The van der Waals surface area contributed by atoms with Crippen LogP contribution >= 0.6 is 11.6 Å². The summed E-state index contributed by atoms with van der Waals surface area (Å²) >= 11 is 5.83. The van der Waals surface area contributed by atoms with Crippen molar-refractivity contribution in [1.29, 1.82) is 0 Å². The average Bonchev–Trinajstić information content (AvgIpc) is 3.00. The Morgan fingerprint density at radius 1 is 1.19 bits per heavy atom. The number of aliphatic hydroxyl groups is 1. The van der Waals surface area contributed by atoms with Crippen LogP contribution in [-0.2, 0) is 0 Å². The Morgan fingerprint density at radius 2 is 2.00 bits per heavy atom. The standard InChI is InChI=1S/C18H20ClN3O4/c19-12-1-3-13(4-2-12)21-8-7-20-10-14(23)11-25-15-5-6-16-17(9-15)26-18(24)22-16/h1-6,9,14,20-21,23H,7-8,10-11H2,(H,22,24)/t14-/m0/s1. The first-order valence-corrected chi connectivity index (χ1v) is 8.62. The van der Waals surface area contributed by atoms with Crippen molar-refractivity contribution in [3.63, 3.8) is 0 Å². The van der Waals surface area contributed by atoms with E-state index in [9.17, 15) is 9.90 Å². The Kier molecular flexibility index (Phi) is 6.17. The molecular weight excluding hydrogens is 358 g/mol. The number of halogens is 1. The van der Waals surface area contributed by atoms with Gasteiger partial charge in [-0.3, -0.25) is 4.98 Å². The van der Waals surface area contributed by atoms with E-state index in [-0.39, 0.29) is 6.61 Å². The molecule has 0 aliphatic rings. The zero-order chi connectivity index (χ0) is 18.4. The summed E-state index contributed by atoms with van der Waals surface area (Å²) in [5.41, 5.74) is 2.03. The van der Waals surface area contributed by atoms with E-state index in [1.807, 2.05) is 24.3 Å². The Bertz CT molecular complexity index is 891. The van der Waals surface area contributed by atoms with Crippen LogP contribution in [0.15, 0.2) is 51.7 Å². The fourth-order valence-electron chi connectivity index (χ4n) is 2.40. The van der Waals surface area contributed by atoms with Crippen molar-refractivity contribution in [2.45, 2.75) is 6.10 Å². The van der Waals surface area contributed by atoms with E-state index in [2.05, 4.69) is 15.6 Å². The van der Waals surface area contributed by atoms with Gasteiger partial charge in [0.05, 0.1) is 5.52 Å². The number of aromatic nitrogens is 1. The second-order valence-corrected chi connectivity index (χ2v) is 6.21. The first kappa shape index (κ1) is 18.3. The number of aromatic amines is 1. The zero-order valence-electron chi connectivity index (χ0n) is 14.0. The molecule has 138 valence electrons. The normalized spacial score (nSPS) is 12.2. The van der Waals surface area contributed by atoms with Crippen LogP contribution in [0.4, 0.5) is 5.69 Å². The molecule has 7 nitrogen and oxygen atoms in total. The van der Waals surface area contributed by atoms with Crippen molar-refractivity contribution in [2.24, 2.45) is 0 Å². The molecule has 2 aromatic carbocycles. The third kappa shape index (κ3) is 5.26. The van der Waals surface area contributed by atoms with E-state index in [1.54, 1.807) is 18.2 Å². The smallest absolute Gasteiger partial charge is 0.417 e. The minimum atomic E-state index is -0.653. The molecule has 3 aromatic rings. The molecule has 3 rings (SSSR count). The summed E-state index contributed by atoms with van der Waals surface area (Å²) in [6.45, 7) is 1.96. The second-order valence-electron chi connectivity index (χ2n) is 5.78. The molecule has 4 N–H and O–H groups in total. The molecule has 1 aromatic heterocycles. The first-order valence-electron chi connectivity index (χ1n) is 8.24. The summed E-state index contributed by atoms with van der Waals surface area (Å²) in [6, 6.07) is 12.5. The van der Waals surface area contributed by atoms with Crippen LogP contribution in [0.25, 0.3) is 11.1 Å². The number of hydrogen-bond acceptors (Lipinski definition) is 6. The van der Waals surface area contributed by atoms with Gasteiger partial charge in [0.15, 0.2) is 5.58 Å². The molecule has 8 heteroatoms. The van der Waals surface area contributed by atoms with Crippen molar-refractivity contribution in [3.8, 4) is 5.75 Å². The Balaban J connectivity index is 1.33. The van der Waals surface area contributed by atoms with Gasteiger partial charge < -0.3 is 24.9 Å². The van der Waals surface area contributed by atoms with E-state index in [0.717, 1.165) is 12.2 Å². The van der Waals surface area contributed by atoms with Gasteiger partial charge in [-0.15, -0.1) is 0 Å². The maximum absolute atomic E-state index is 11.1. The van der Waals surface area contributed by atoms with Crippen LogP contribution in [0, 0.1) is 0 Å². The van der Waals surface area contributed by atoms with E-state index >= 15 is 0 Å². The molecule has 0 fully saturated rings. The molecule has 1 heterocycles. The van der Waals surface area contributed by atoms with Crippen LogP contribution in [-0.4, -0.2) is 42.4 Å². The van der Waals surface area contributed by atoms with Gasteiger partial charge in [-0.2, -0.15) is 0 Å². The van der Waals surface area contributed by atoms with Gasteiger partial charge in [-0.25, -0.2) is 4.79 Å². The molecule has 0 saturated heterocycles. The van der Waals surface area contributed by atoms with Crippen LogP contribution in [0.2, 0.25) is 5.02 Å². The molecule has 0 aliphatic carbocycles. The quantitative estimate of drug-likeness (QED) is 0.427. The van der Waals surface area contributed by atoms with E-state index < -0.39 is 11.9 Å². The Labute approximate surface area is 154 Å². The monoisotopic (exact) mass is 377 g/mol. The average molecular weight is 378 g/mol. The van der Waals surface area contributed by atoms with Crippen molar-refractivity contribution in [2.75, 3.05) is 31.6 Å². The van der Waals surface area contributed by atoms with Crippen LogP contribution in [0.5, 0.6) is 5.75 Å². The van der Waals surface area contributed by atoms with Gasteiger partial charge in [0.25, 0.3) is 0 Å². The Hall–Kier alpha value is -2.48. The molecule has 1 atom stereocenters. The number of anilines is 1. The number of aliphatic hydroxyl groups excluding tert-OH is 1. The lowest BCUT2D eigenvalue weighted by molar-refractivity contribution is 0.107. The molecule has 0 spiro atoms.